The standard InChI is InChI=1S/C12H19NO2/c1-12(2)4-3-9(12)13-6-7-5-8(13)10(7)11(14)15/h7-10H,3-6H2,1-2H3,(H,14,15). The molecule has 4 aliphatic rings. The van der Waals surface area contributed by atoms with Crippen LogP contribution in [0.5, 0.6) is 0 Å². The van der Waals surface area contributed by atoms with Crippen LogP contribution in [0, 0.1) is 17.3 Å². The molecule has 2 aliphatic heterocycles. The summed E-state index contributed by atoms with van der Waals surface area (Å²) in [6, 6.07) is 1.01. The number of fused-ring (bicyclic) bond motifs is 1. The van der Waals surface area contributed by atoms with Crippen molar-refractivity contribution in [2.24, 2.45) is 17.3 Å². The van der Waals surface area contributed by atoms with E-state index in [2.05, 4.69) is 18.7 Å². The highest BCUT2D eigenvalue weighted by Gasteiger charge is 2.59. The van der Waals surface area contributed by atoms with Crippen molar-refractivity contribution in [2.45, 2.75) is 45.2 Å². The van der Waals surface area contributed by atoms with Crippen molar-refractivity contribution in [1.82, 2.24) is 4.90 Å². The molecule has 2 saturated carbocycles. The molecule has 2 saturated heterocycles. The van der Waals surface area contributed by atoms with Gasteiger partial charge in [-0.3, -0.25) is 9.69 Å². The first kappa shape index (κ1) is 9.64. The van der Waals surface area contributed by atoms with Crippen molar-refractivity contribution in [1.29, 1.82) is 0 Å². The highest BCUT2D eigenvalue weighted by atomic mass is 16.4. The zero-order valence-electron chi connectivity index (χ0n) is 9.44. The van der Waals surface area contributed by atoms with Crippen LogP contribution in [-0.4, -0.2) is 34.6 Å². The van der Waals surface area contributed by atoms with E-state index in [1.165, 1.54) is 12.8 Å². The van der Waals surface area contributed by atoms with Crippen molar-refractivity contribution in [3.05, 3.63) is 0 Å². The van der Waals surface area contributed by atoms with Crippen molar-refractivity contribution in [3.8, 4) is 0 Å². The third-order valence-electron chi connectivity index (χ3n) is 4.99. The summed E-state index contributed by atoms with van der Waals surface area (Å²) in [5.74, 6) is -0.179. The van der Waals surface area contributed by atoms with E-state index in [1.54, 1.807) is 0 Å². The summed E-state index contributed by atoms with van der Waals surface area (Å²) in [4.78, 5) is 13.5. The quantitative estimate of drug-likeness (QED) is 0.750. The molecule has 4 rings (SSSR count). The van der Waals surface area contributed by atoms with Gasteiger partial charge in [0.1, 0.15) is 0 Å². The topological polar surface area (TPSA) is 40.5 Å². The van der Waals surface area contributed by atoms with Gasteiger partial charge in [0.2, 0.25) is 0 Å². The molecule has 0 aromatic heterocycles. The zero-order valence-corrected chi connectivity index (χ0v) is 9.44. The van der Waals surface area contributed by atoms with Crippen LogP contribution in [0.3, 0.4) is 0 Å². The van der Waals surface area contributed by atoms with Crippen molar-refractivity contribution in [3.63, 3.8) is 0 Å². The van der Waals surface area contributed by atoms with Crippen LogP contribution in [-0.2, 0) is 4.79 Å². The molecule has 15 heavy (non-hydrogen) atoms. The van der Waals surface area contributed by atoms with Crippen molar-refractivity contribution >= 4 is 5.97 Å². The summed E-state index contributed by atoms with van der Waals surface area (Å²) in [5, 5.41) is 9.11. The lowest BCUT2D eigenvalue weighted by Crippen LogP contribution is -2.55. The van der Waals surface area contributed by atoms with E-state index in [4.69, 9.17) is 5.11 Å². The Hall–Kier alpha value is -0.570. The Bertz CT molecular complexity index is 313. The fourth-order valence-corrected chi connectivity index (χ4v) is 3.85. The number of rotatable bonds is 2. The Labute approximate surface area is 90.5 Å². The van der Waals surface area contributed by atoms with E-state index >= 15 is 0 Å². The molecule has 4 fully saturated rings. The van der Waals surface area contributed by atoms with Crippen LogP contribution in [0.1, 0.15) is 33.1 Å². The number of hydrogen-bond acceptors (Lipinski definition) is 2. The van der Waals surface area contributed by atoms with Gasteiger partial charge in [-0.15, -0.1) is 0 Å². The van der Waals surface area contributed by atoms with Crippen LogP contribution in [0.4, 0.5) is 0 Å². The minimum absolute atomic E-state index is 0.0543. The maximum atomic E-state index is 11.1. The molecule has 1 N–H and O–H groups in total. The van der Waals surface area contributed by atoms with Crippen molar-refractivity contribution < 1.29 is 9.90 Å². The maximum Gasteiger partial charge on any atom is 0.308 e. The van der Waals surface area contributed by atoms with Gasteiger partial charge in [-0.1, -0.05) is 13.8 Å². The van der Waals surface area contributed by atoms with Gasteiger partial charge in [-0.2, -0.15) is 0 Å². The number of carboxylic acids is 1. The molecule has 2 aliphatic carbocycles. The number of carboxylic acid groups (broad SMARTS) is 1. The highest BCUT2D eigenvalue weighted by Crippen LogP contribution is 2.53. The number of hydrogen-bond donors (Lipinski definition) is 1. The molecule has 84 valence electrons. The van der Waals surface area contributed by atoms with Crippen LogP contribution < -0.4 is 0 Å². The Morgan fingerprint density at radius 3 is 2.60 bits per heavy atom. The van der Waals surface area contributed by atoms with Crippen LogP contribution in [0.25, 0.3) is 0 Å². The maximum absolute atomic E-state index is 11.1. The summed E-state index contributed by atoms with van der Waals surface area (Å²) in [7, 11) is 0. The van der Waals surface area contributed by atoms with E-state index in [-0.39, 0.29) is 5.92 Å². The largest absolute Gasteiger partial charge is 0.481 e. The zero-order chi connectivity index (χ0) is 10.8. The first-order valence-corrected chi connectivity index (χ1v) is 5.99. The molecule has 3 heteroatoms. The number of carbonyl (C=O) groups is 1. The van der Waals surface area contributed by atoms with Gasteiger partial charge in [-0.05, 0) is 30.6 Å². The third kappa shape index (κ3) is 1.13. The molecule has 0 spiro atoms. The lowest BCUT2D eigenvalue weighted by molar-refractivity contribution is -0.148. The van der Waals surface area contributed by atoms with Gasteiger partial charge < -0.3 is 5.11 Å². The van der Waals surface area contributed by atoms with Gasteiger partial charge >= 0.3 is 5.97 Å². The molecule has 0 aromatic carbocycles. The van der Waals surface area contributed by atoms with E-state index < -0.39 is 5.97 Å². The van der Waals surface area contributed by atoms with Gasteiger partial charge in [0.15, 0.2) is 0 Å². The van der Waals surface area contributed by atoms with Gasteiger partial charge in [0.05, 0.1) is 5.92 Å². The molecule has 4 unspecified atom stereocenters. The lowest BCUT2D eigenvalue weighted by atomic mass is 9.66. The van der Waals surface area contributed by atoms with E-state index in [0.29, 0.717) is 23.4 Å². The first-order chi connectivity index (χ1) is 7.00. The second kappa shape index (κ2) is 2.76. The minimum atomic E-state index is -0.573. The van der Waals surface area contributed by atoms with Gasteiger partial charge in [0, 0.05) is 18.6 Å². The Balaban J connectivity index is 1.74. The fraction of sp³-hybridized carbons (Fsp3) is 0.917. The Morgan fingerprint density at radius 2 is 2.20 bits per heavy atom. The average Bonchev–Trinajstić information content (AvgIpc) is 2.58. The molecule has 0 amide bonds. The smallest absolute Gasteiger partial charge is 0.308 e. The molecule has 4 atom stereocenters. The highest BCUT2D eigenvalue weighted by molar-refractivity contribution is 5.73. The molecule has 0 radical (unpaired) electrons. The number of aliphatic carboxylic acids is 1. The van der Waals surface area contributed by atoms with Crippen molar-refractivity contribution in [2.75, 3.05) is 6.54 Å². The van der Waals surface area contributed by atoms with Crippen LogP contribution >= 0.6 is 0 Å². The monoisotopic (exact) mass is 209 g/mol. The molecular weight excluding hydrogens is 190 g/mol. The average molecular weight is 209 g/mol. The first-order valence-electron chi connectivity index (χ1n) is 5.99. The third-order valence-corrected chi connectivity index (χ3v) is 4.99. The van der Waals surface area contributed by atoms with Gasteiger partial charge in [-0.25, -0.2) is 0 Å². The van der Waals surface area contributed by atoms with E-state index in [9.17, 15) is 4.79 Å². The van der Waals surface area contributed by atoms with Gasteiger partial charge in [0.25, 0.3) is 0 Å². The van der Waals surface area contributed by atoms with E-state index in [1.807, 2.05) is 0 Å². The second-order valence-electron chi connectivity index (χ2n) is 6.17. The molecule has 0 aromatic rings. The summed E-state index contributed by atoms with van der Waals surface area (Å²) >= 11 is 0. The summed E-state index contributed by atoms with van der Waals surface area (Å²) < 4.78 is 0. The minimum Gasteiger partial charge on any atom is -0.481 e. The predicted molar refractivity (Wildman–Crippen MR) is 56.5 cm³/mol. The summed E-state index contributed by atoms with van der Waals surface area (Å²) in [6.07, 6.45) is 3.69. The summed E-state index contributed by atoms with van der Waals surface area (Å²) in [5.41, 5.74) is 0.417. The fourth-order valence-electron chi connectivity index (χ4n) is 3.85. The number of nitrogens with zero attached hydrogens (tertiary/aromatic N) is 1. The molecule has 2 heterocycles. The normalized spacial score (nSPS) is 47.1. The van der Waals surface area contributed by atoms with E-state index in [0.717, 1.165) is 13.0 Å². The Morgan fingerprint density at radius 1 is 1.47 bits per heavy atom. The molecular formula is C12H19NO2. The van der Waals surface area contributed by atoms with Crippen LogP contribution in [0.2, 0.25) is 0 Å². The van der Waals surface area contributed by atoms with Crippen LogP contribution in [0.15, 0.2) is 0 Å². The Kier molecular flexibility index (Phi) is 1.77. The summed E-state index contributed by atoms with van der Waals surface area (Å²) in [6.45, 7) is 5.66. The predicted octanol–water partition coefficient (Wildman–Crippen LogP) is 1.58. The second-order valence-corrected chi connectivity index (χ2v) is 6.17. The molecule has 2 bridgehead atoms. The SMILES string of the molecule is CC1(C)CCC1N1CC2CC1C2C(=O)O. The molecule has 3 nitrogen and oxygen atoms in total. The lowest BCUT2D eigenvalue weighted by Gasteiger charge is -2.51.